The lowest BCUT2D eigenvalue weighted by Gasteiger charge is -2.37. The van der Waals surface area contributed by atoms with E-state index in [1.54, 1.807) is 12.1 Å². The van der Waals surface area contributed by atoms with Gasteiger partial charge in [0.05, 0.1) is 11.3 Å². The zero-order valence-electron chi connectivity index (χ0n) is 16.1. The van der Waals surface area contributed by atoms with Crippen molar-refractivity contribution in [2.24, 2.45) is 5.73 Å². The van der Waals surface area contributed by atoms with Gasteiger partial charge in [-0.2, -0.15) is 0 Å². The number of anilines is 2. The SMILES string of the molecule is NC1CCN(c2ccccc2C(=O)N2CCN(c3ccccc3F)CC2)CC1. The summed E-state index contributed by atoms with van der Waals surface area (Å²) in [5.74, 6) is -0.158. The number of carbonyl (C=O) groups excluding carboxylic acids is 1. The lowest BCUT2D eigenvalue weighted by atomic mass is 10.0. The maximum Gasteiger partial charge on any atom is 0.256 e. The Morgan fingerprint density at radius 2 is 1.39 bits per heavy atom. The Labute approximate surface area is 165 Å². The molecule has 0 aromatic heterocycles. The average molecular weight is 382 g/mol. The van der Waals surface area contributed by atoms with E-state index in [1.807, 2.05) is 40.1 Å². The molecule has 2 aliphatic heterocycles. The van der Waals surface area contributed by atoms with Crippen LogP contribution in [0.5, 0.6) is 0 Å². The number of carbonyl (C=O) groups is 1. The van der Waals surface area contributed by atoms with Crippen molar-refractivity contribution in [2.45, 2.75) is 18.9 Å². The van der Waals surface area contributed by atoms with Crippen molar-refractivity contribution < 1.29 is 9.18 Å². The quantitative estimate of drug-likeness (QED) is 0.887. The van der Waals surface area contributed by atoms with Gasteiger partial charge in [-0.15, -0.1) is 0 Å². The van der Waals surface area contributed by atoms with Crippen molar-refractivity contribution >= 4 is 17.3 Å². The Morgan fingerprint density at radius 1 is 0.821 bits per heavy atom. The minimum absolute atomic E-state index is 0.0543. The molecule has 0 aliphatic carbocycles. The van der Waals surface area contributed by atoms with Gasteiger partial charge < -0.3 is 20.4 Å². The normalized spacial score (nSPS) is 18.4. The van der Waals surface area contributed by atoms with Gasteiger partial charge in [-0.25, -0.2) is 4.39 Å². The van der Waals surface area contributed by atoms with Crippen LogP contribution in [0.15, 0.2) is 48.5 Å². The van der Waals surface area contributed by atoms with Gasteiger partial charge in [-0.05, 0) is 37.1 Å². The summed E-state index contributed by atoms with van der Waals surface area (Å²) in [6.07, 6.45) is 1.90. The van der Waals surface area contributed by atoms with E-state index in [2.05, 4.69) is 4.90 Å². The van der Waals surface area contributed by atoms with Crippen LogP contribution in [0.1, 0.15) is 23.2 Å². The van der Waals surface area contributed by atoms with Gasteiger partial charge in [0.15, 0.2) is 0 Å². The average Bonchev–Trinajstić information content (AvgIpc) is 2.74. The predicted octanol–water partition coefficient (Wildman–Crippen LogP) is 2.72. The number of amides is 1. The second-order valence-electron chi connectivity index (χ2n) is 7.57. The Bertz CT molecular complexity index is 827. The van der Waals surface area contributed by atoms with Crippen molar-refractivity contribution in [3.63, 3.8) is 0 Å². The molecule has 2 aliphatic rings. The van der Waals surface area contributed by atoms with E-state index in [1.165, 1.54) is 6.07 Å². The molecule has 6 heteroatoms. The number of benzene rings is 2. The number of piperazine rings is 1. The van der Waals surface area contributed by atoms with Crippen LogP contribution in [0, 0.1) is 5.82 Å². The third kappa shape index (κ3) is 3.83. The van der Waals surface area contributed by atoms with E-state index in [0.29, 0.717) is 31.9 Å². The highest BCUT2D eigenvalue weighted by Crippen LogP contribution is 2.26. The van der Waals surface area contributed by atoms with E-state index < -0.39 is 0 Å². The summed E-state index contributed by atoms with van der Waals surface area (Å²) in [5.41, 5.74) is 8.38. The minimum atomic E-state index is -0.212. The first kappa shape index (κ1) is 18.7. The molecule has 28 heavy (non-hydrogen) atoms. The summed E-state index contributed by atoms with van der Waals surface area (Å²) < 4.78 is 14.0. The van der Waals surface area contributed by atoms with Crippen LogP contribution in [0.4, 0.5) is 15.8 Å². The zero-order valence-corrected chi connectivity index (χ0v) is 16.1. The third-order valence-corrected chi connectivity index (χ3v) is 5.77. The van der Waals surface area contributed by atoms with Crippen molar-refractivity contribution in [3.8, 4) is 0 Å². The summed E-state index contributed by atoms with van der Waals surface area (Å²) in [5, 5.41) is 0. The largest absolute Gasteiger partial charge is 0.371 e. The minimum Gasteiger partial charge on any atom is -0.371 e. The monoisotopic (exact) mass is 382 g/mol. The molecule has 2 heterocycles. The van der Waals surface area contributed by atoms with Crippen molar-refractivity contribution in [1.29, 1.82) is 0 Å². The van der Waals surface area contributed by atoms with Crippen LogP contribution >= 0.6 is 0 Å². The maximum atomic E-state index is 14.0. The fourth-order valence-electron chi connectivity index (χ4n) is 4.10. The molecule has 148 valence electrons. The number of rotatable bonds is 3. The van der Waals surface area contributed by atoms with Gasteiger partial charge in [-0.3, -0.25) is 4.79 Å². The second-order valence-corrected chi connectivity index (χ2v) is 7.57. The van der Waals surface area contributed by atoms with Gasteiger partial charge in [-0.1, -0.05) is 24.3 Å². The summed E-state index contributed by atoms with van der Waals surface area (Å²) in [6, 6.07) is 14.9. The first-order chi connectivity index (χ1) is 13.6. The van der Waals surface area contributed by atoms with Crippen molar-refractivity contribution in [3.05, 3.63) is 59.9 Å². The molecule has 2 fully saturated rings. The number of hydrogen-bond donors (Lipinski definition) is 1. The molecule has 0 saturated carbocycles. The summed E-state index contributed by atoms with van der Waals surface area (Å²) in [4.78, 5) is 19.4. The van der Waals surface area contributed by atoms with E-state index in [4.69, 9.17) is 5.73 Å². The van der Waals surface area contributed by atoms with E-state index in [9.17, 15) is 9.18 Å². The topological polar surface area (TPSA) is 52.8 Å². The molecule has 0 unspecified atom stereocenters. The Morgan fingerprint density at radius 3 is 2.07 bits per heavy atom. The lowest BCUT2D eigenvalue weighted by molar-refractivity contribution is 0.0747. The highest BCUT2D eigenvalue weighted by atomic mass is 19.1. The molecule has 0 bridgehead atoms. The molecule has 5 nitrogen and oxygen atoms in total. The molecule has 2 aromatic rings. The highest BCUT2D eigenvalue weighted by Gasteiger charge is 2.27. The van der Waals surface area contributed by atoms with E-state index in [0.717, 1.165) is 37.2 Å². The number of nitrogens with two attached hydrogens (primary N) is 1. The molecule has 1 amide bonds. The number of halogens is 1. The summed E-state index contributed by atoms with van der Waals surface area (Å²) in [6.45, 7) is 4.21. The molecular weight excluding hydrogens is 355 g/mol. The van der Waals surface area contributed by atoms with E-state index in [-0.39, 0.29) is 17.8 Å². The molecule has 2 saturated heterocycles. The van der Waals surface area contributed by atoms with Gasteiger partial charge in [0.1, 0.15) is 5.82 Å². The third-order valence-electron chi connectivity index (χ3n) is 5.77. The Kier molecular flexibility index (Phi) is 5.48. The zero-order chi connectivity index (χ0) is 19.5. The fourth-order valence-corrected chi connectivity index (χ4v) is 4.10. The summed E-state index contributed by atoms with van der Waals surface area (Å²) >= 11 is 0. The Balaban J connectivity index is 1.45. The molecule has 2 aromatic carbocycles. The summed E-state index contributed by atoms with van der Waals surface area (Å²) in [7, 11) is 0. The van der Waals surface area contributed by atoms with Crippen LogP contribution in [0.3, 0.4) is 0 Å². The number of para-hydroxylation sites is 2. The van der Waals surface area contributed by atoms with Crippen molar-refractivity contribution in [2.75, 3.05) is 49.1 Å². The fraction of sp³-hybridized carbons (Fsp3) is 0.409. The number of nitrogens with zero attached hydrogens (tertiary/aromatic N) is 3. The number of hydrogen-bond acceptors (Lipinski definition) is 4. The smallest absolute Gasteiger partial charge is 0.256 e. The highest BCUT2D eigenvalue weighted by molar-refractivity contribution is 6.00. The van der Waals surface area contributed by atoms with Crippen LogP contribution in [-0.4, -0.2) is 56.1 Å². The first-order valence-electron chi connectivity index (χ1n) is 10.0. The Hall–Kier alpha value is -2.60. The van der Waals surface area contributed by atoms with Crippen LogP contribution in [0.25, 0.3) is 0 Å². The molecule has 0 spiro atoms. The van der Waals surface area contributed by atoms with Crippen LogP contribution < -0.4 is 15.5 Å². The van der Waals surface area contributed by atoms with Gasteiger partial charge >= 0.3 is 0 Å². The maximum absolute atomic E-state index is 14.0. The van der Waals surface area contributed by atoms with Gasteiger partial charge in [0.2, 0.25) is 0 Å². The predicted molar refractivity (Wildman–Crippen MR) is 110 cm³/mol. The lowest BCUT2D eigenvalue weighted by Crippen LogP contribution is -2.49. The number of piperidine rings is 1. The van der Waals surface area contributed by atoms with Crippen molar-refractivity contribution in [1.82, 2.24) is 4.90 Å². The molecule has 0 radical (unpaired) electrons. The van der Waals surface area contributed by atoms with Crippen LogP contribution in [0.2, 0.25) is 0 Å². The molecule has 2 N–H and O–H groups in total. The molecular formula is C22H27FN4O. The first-order valence-corrected chi connectivity index (χ1v) is 10.0. The molecule has 0 atom stereocenters. The second kappa shape index (κ2) is 8.19. The standard InChI is InChI=1S/C22H27FN4O/c23-19-6-2-4-8-21(19)26-13-15-27(16-14-26)22(28)18-5-1-3-7-20(18)25-11-9-17(24)10-12-25/h1-8,17H,9-16,24H2. The van der Waals surface area contributed by atoms with E-state index >= 15 is 0 Å². The van der Waals surface area contributed by atoms with Gasteiger partial charge in [0.25, 0.3) is 5.91 Å². The molecule has 4 rings (SSSR count). The van der Waals surface area contributed by atoms with Gasteiger partial charge in [0, 0.05) is 51.0 Å². The van der Waals surface area contributed by atoms with Crippen LogP contribution in [-0.2, 0) is 0 Å².